The molecule has 1 fully saturated rings. The molecule has 10 heteroatoms. The van der Waals surface area contributed by atoms with Crippen LogP contribution in [0.25, 0.3) is 20.8 Å². The molecule has 4 aromatic rings. The van der Waals surface area contributed by atoms with E-state index in [1.807, 2.05) is 28.6 Å². The van der Waals surface area contributed by atoms with E-state index in [0.29, 0.717) is 10.0 Å². The van der Waals surface area contributed by atoms with Crippen molar-refractivity contribution in [3.63, 3.8) is 0 Å². The van der Waals surface area contributed by atoms with Crippen LogP contribution in [0.2, 0.25) is 0 Å². The summed E-state index contributed by atoms with van der Waals surface area (Å²) >= 11 is 2.93. The average Bonchev–Trinajstić information content (AvgIpc) is 3.48. The Balaban J connectivity index is 1.41. The molecule has 4 heterocycles. The molecule has 0 bridgehead atoms. The van der Waals surface area contributed by atoms with Crippen molar-refractivity contribution in [2.75, 3.05) is 23.7 Å². The number of amides is 1. The number of rotatable bonds is 6. The Kier molecular flexibility index (Phi) is 6.19. The molecule has 0 spiro atoms. The minimum Gasteiger partial charge on any atom is -0.382 e. The standard InChI is InChI=1S/C23H25N7OS2/c1-14(2)26-18-11-20(27-15-6-7-17-19(10-15)32-13-25-17)24-12-16(18)21-28-29-22(33-21)23(31)30-8-4-3-5-9-30/h6-7,10-14H,3-5,8-9H2,1-2H3,(H2,24,26,27). The monoisotopic (exact) mass is 479 g/mol. The van der Waals surface area contributed by atoms with E-state index in [1.165, 1.54) is 17.8 Å². The summed E-state index contributed by atoms with van der Waals surface area (Å²) in [5, 5.41) is 16.5. The van der Waals surface area contributed by atoms with Crippen LogP contribution in [0.5, 0.6) is 0 Å². The number of nitrogens with zero attached hydrogens (tertiary/aromatic N) is 5. The summed E-state index contributed by atoms with van der Waals surface area (Å²) in [5.74, 6) is 0.696. The van der Waals surface area contributed by atoms with E-state index in [1.54, 1.807) is 17.5 Å². The molecule has 1 aromatic carbocycles. The zero-order chi connectivity index (χ0) is 22.8. The largest absolute Gasteiger partial charge is 0.382 e. The number of hydrogen-bond acceptors (Lipinski definition) is 9. The van der Waals surface area contributed by atoms with Crippen LogP contribution in [-0.2, 0) is 0 Å². The third-order valence-corrected chi connectivity index (χ3v) is 7.17. The zero-order valence-electron chi connectivity index (χ0n) is 18.5. The Morgan fingerprint density at radius 1 is 1.09 bits per heavy atom. The van der Waals surface area contributed by atoms with Gasteiger partial charge in [0.2, 0.25) is 5.01 Å². The SMILES string of the molecule is CC(C)Nc1cc(Nc2ccc3ncsc3c2)ncc1-c1nnc(C(=O)N2CCCCC2)s1. The highest BCUT2D eigenvalue weighted by Crippen LogP contribution is 2.33. The van der Waals surface area contributed by atoms with Gasteiger partial charge >= 0.3 is 0 Å². The number of aromatic nitrogens is 4. The Bertz CT molecular complexity index is 1280. The van der Waals surface area contributed by atoms with Crippen LogP contribution in [-0.4, -0.2) is 50.1 Å². The van der Waals surface area contributed by atoms with Crippen molar-refractivity contribution in [1.82, 2.24) is 25.1 Å². The summed E-state index contributed by atoms with van der Waals surface area (Å²) in [7, 11) is 0. The van der Waals surface area contributed by atoms with E-state index in [4.69, 9.17) is 0 Å². The predicted octanol–water partition coefficient (Wildman–Crippen LogP) is 5.40. The number of benzene rings is 1. The van der Waals surface area contributed by atoms with Crippen molar-refractivity contribution in [1.29, 1.82) is 0 Å². The molecule has 8 nitrogen and oxygen atoms in total. The van der Waals surface area contributed by atoms with Gasteiger partial charge in [0.05, 0.1) is 21.3 Å². The second-order valence-electron chi connectivity index (χ2n) is 8.34. The number of likely N-dealkylation sites (tertiary alicyclic amines) is 1. The molecule has 0 aliphatic carbocycles. The van der Waals surface area contributed by atoms with Crippen molar-refractivity contribution in [3.8, 4) is 10.6 Å². The summed E-state index contributed by atoms with van der Waals surface area (Å²) in [6.07, 6.45) is 5.07. The Hall–Kier alpha value is -3.11. The van der Waals surface area contributed by atoms with Gasteiger partial charge in [-0.15, -0.1) is 21.5 Å². The summed E-state index contributed by atoms with van der Waals surface area (Å²) in [6.45, 7) is 5.76. The van der Waals surface area contributed by atoms with Crippen molar-refractivity contribution >= 4 is 56.0 Å². The summed E-state index contributed by atoms with van der Waals surface area (Å²) < 4.78 is 1.12. The van der Waals surface area contributed by atoms with Crippen LogP contribution in [0.4, 0.5) is 17.2 Å². The Labute approximate surface area is 200 Å². The van der Waals surface area contributed by atoms with Gasteiger partial charge in [-0.1, -0.05) is 11.3 Å². The molecule has 0 radical (unpaired) electrons. The van der Waals surface area contributed by atoms with Crippen molar-refractivity contribution < 1.29 is 4.79 Å². The van der Waals surface area contributed by atoms with Gasteiger partial charge < -0.3 is 15.5 Å². The van der Waals surface area contributed by atoms with Gasteiger partial charge in [0.25, 0.3) is 5.91 Å². The lowest BCUT2D eigenvalue weighted by molar-refractivity contribution is 0.0723. The maximum atomic E-state index is 12.8. The number of hydrogen-bond donors (Lipinski definition) is 2. The molecule has 1 aliphatic rings. The van der Waals surface area contributed by atoms with Gasteiger partial charge in [-0.2, -0.15) is 0 Å². The fraction of sp³-hybridized carbons (Fsp3) is 0.348. The molecule has 33 heavy (non-hydrogen) atoms. The van der Waals surface area contributed by atoms with Crippen molar-refractivity contribution in [2.45, 2.75) is 39.2 Å². The van der Waals surface area contributed by atoms with E-state index in [0.717, 1.165) is 58.9 Å². The number of pyridine rings is 1. The maximum absolute atomic E-state index is 12.8. The zero-order valence-corrected chi connectivity index (χ0v) is 20.2. The van der Waals surface area contributed by atoms with E-state index in [2.05, 4.69) is 50.7 Å². The second-order valence-corrected chi connectivity index (χ2v) is 10.2. The first kappa shape index (κ1) is 21.7. The topological polar surface area (TPSA) is 95.9 Å². The summed E-state index contributed by atoms with van der Waals surface area (Å²) in [6, 6.07) is 8.25. The third kappa shape index (κ3) is 4.81. The fourth-order valence-corrected chi connectivity index (χ4v) is 5.41. The van der Waals surface area contributed by atoms with Gasteiger partial charge in [-0.05, 0) is 51.3 Å². The van der Waals surface area contributed by atoms with Crippen molar-refractivity contribution in [2.24, 2.45) is 0 Å². The summed E-state index contributed by atoms with van der Waals surface area (Å²) in [4.78, 5) is 23.6. The molecule has 0 saturated carbocycles. The van der Waals surface area contributed by atoms with E-state index in [-0.39, 0.29) is 11.9 Å². The number of piperidine rings is 1. The average molecular weight is 480 g/mol. The first-order valence-electron chi connectivity index (χ1n) is 11.1. The van der Waals surface area contributed by atoms with Gasteiger partial charge in [-0.3, -0.25) is 4.79 Å². The van der Waals surface area contributed by atoms with E-state index < -0.39 is 0 Å². The minimum absolute atomic E-state index is 0.0264. The highest BCUT2D eigenvalue weighted by Gasteiger charge is 2.23. The molecule has 170 valence electrons. The number of nitrogens with one attached hydrogen (secondary N) is 2. The number of anilines is 3. The van der Waals surface area contributed by atoms with Crippen LogP contribution in [0.1, 0.15) is 42.9 Å². The first-order chi connectivity index (χ1) is 16.1. The Morgan fingerprint density at radius 2 is 1.94 bits per heavy atom. The predicted molar refractivity (Wildman–Crippen MR) is 135 cm³/mol. The van der Waals surface area contributed by atoms with Crippen LogP contribution in [0.15, 0.2) is 36.0 Å². The minimum atomic E-state index is -0.0264. The van der Waals surface area contributed by atoms with Crippen LogP contribution < -0.4 is 10.6 Å². The smallest absolute Gasteiger partial charge is 0.284 e. The molecule has 1 aliphatic heterocycles. The lowest BCUT2D eigenvalue weighted by Crippen LogP contribution is -2.35. The lowest BCUT2D eigenvalue weighted by Gasteiger charge is -2.25. The third-order valence-electron chi connectivity index (χ3n) is 5.43. The first-order valence-corrected chi connectivity index (χ1v) is 12.8. The molecular formula is C23H25N7OS2. The second kappa shape index (κ2) is 9.40. The maximum Gasteiger partial charge on any atom is 0.284 e. The van der Waals surface area contributed by atoms with Crippen LogP contribution >= 0.6 is 22.7 Å². The number of carbonyl (C=O) groups is 1. The van der Waals surface area contributed by atoms with Crippen LogP contribution in [0.3, 0.4) is 0 Å². The number of fused-ring (bicyclic) bond motifs is 1. The number of thiazole rings is 1. The van der Waals surface area contributed by atoms with Gasteiger partial charge in [-0.25, -0.2) is 9.97 Å². The number of carbonyl (C=O) groups excluding carboxylic acids is 1. The molecule has 1 saturated heterocycles. The molecule has 3 aromatic heterocycles. The van der Waals surface area contributed by atoms with E-state index in [9.17, 15) is 4.79 Å². The van der Waals surface area contributed by atoms with Crippen LogP contribution in [0, 0.1) is 0 Å². The van der Waals surface area contributed by atoms with Crippen molar-refractivity contribution in [3.05, 3.63) is 41.0 Å². The molecule has 0 atom stereocenters. The lowest BCUT2D eigenvalue weighted by atomic mass is 10.1. The molecule has 2 N–H and O–H groups in total. The van der Waals surface area contributed by atoms with Gasteiger partial charge in [0.1, 0.15) is 5.82 Å². The van der Waals surface area contributed by atoms with Gasteiger partial charge in [0, 0.05) is 42.8 Å². The highest BCUT2D eigenvalue weighted by molar-refractivity contribution is 7.17. The normalized spacial score (nSPS) is 14.1. The molecular weight excluding hydrogens is 454 g/mol. The summed E-state index contributed by atoms with van der Waals surface area (Å²) in [5.41, 5.74) is 5.52. The van der Waals surface area contributed by atoms with Gasteiger partial charge in [0.15, 0.2) is 5.01 Å². The fourth-order valence-electron chi connectivity index (χ4n) is 3.86. The van der Waals surface area contributed by atoms with E-state index >= 15 is 0 Å². The Morgan fingerprint density at radius 3 is 2.76 bits per heavy atom. The molecule has 0 unspecified atom stereocenters. The molecule has 1 amide bonds. The highest BCUT2D eigenvalue weighted by atomic mass is 32.1. The molecule has 5 rings (SSSR count). The quantitative estimate of drug-likeness (QED) is 0.382.